The number of oxime groups is 4. The molecule has 0 bridgehead atoms. The van der Waals surface area contributed by atoms with E-state index in [2.05, 4.69) is 27.5 Å². The quantitative estimate of drug-likeness (QED) is 0.170. The van der Waals surface area contributed by atoms with Crippen molar-refractivity contribution in [3.63, 3.8) is 0 Å². The van der Waals surface area contributed by atoms with Crippen molar-refractivity contribution in [1.82, 2.24) is 0 Å². The summed E-state index contributed by atoms with van der Waals surface area (Å²) in [5, 5.41) is 36.6. The molecule has 125 valence electrons. The molecule has 0 aliphatic carbocycles. The summed E-state index contributed by atoms with van der Waals surface area (Å²) in [4.78, 5) is 4.80. The van der Waals surface area contributed by atoms with E-state index in [1.165, 1.54) is 13.8 Å². The van der Waals surface area contributed by atoms with E-state index in [0.717, 1.165) is 0 Å². The Labute approximate surface area is 134 Å². The summed E-state index contributed by atoms with van der Waals surface area (Å²) in [6, 6.07) is 0. The predicted molar refractivity (Wildman–Crippen MR) is 78.6 cm³/mol. The van der Waals surface area contributed by atoms with Crippen LogP contribution in [0, 0.1) is 6.92 Å². The molecule has 0 aliphatic heterocycles. The van der Waals surface area contributed by atoms with Crippen LogP contribution in [0.5, 0.6) is 0 Å². The monoisotopic (exact) mass is 351 g/mol. The van der Waals surface area contributed by atoms with E-state index in [0.29, 0.717) is 35.9 Å². The van der Waals surface area contributed by atoms with Crippen LogP contribution in [0.25, 0.3) is 0 Å². The zero-order valence-corrected chi connectivity index (χ0v) is 13.6. The maximum absolute atomic E-state index is 8.30. The molecule has 0 aromatic rings. The van der Waals surface area contributed by atoms with Gasteiger partial charge >= 0.3 is 16.8 Å². The molecule has 0 atom stereocenters. The molecule has 10 heteroatoms. The van der Waals surface area contributed by atoms with Gasteiger partial charge in [0, 0.05) is 0 Å². The van der Waals surface area contributed by atoms with Gasteiger partial charge in [0.2, 0.25) is 0 Å². The summed E-state index contributed by atoms with van der Waals surface area (Å²) in [7, 11) is 0. The van der Waals surface area contributed by atoms with E-state index in [9.17, 15) is 0 Å². The fourth-order valence-electron chi connectivity index (χ4n) is 0.490. The Morgan fingerprint density at radius 3 is 1.48 bits per heavy atom. The molecule has 0 aliphatic rings. The fraction of sp³-hybridized carbons (Fsp3) is 0.545. The van der Waals surface area contributed by atoms with Crippen LogP contribution >= 0.6 is 0 Å². The second-order valence-electron chi connectivity index (χ2n) is 3.42. The molecular formula is C11H24CoN4O5+2. The Morgan fingerprint density at radius 2 is 1.19 bits per heavy atom. The molecule has 9 nitrogen and oxygen atoms in total. The maximum Gasteiger partial charge on any atom is 2.00 e. The fourth-order valence-corrected chi connectivity index (χ4v) is 0.490. The molecule has 0 spiro atoms. The minimum atomic E-state index is 0. The SMILES string of the molecule is CC(=NO)C(C)=NO.[CH2-]CCON=C(C)C(C)=NO.[Co+2].[OH3+]. The molecule has 6 N–H and O–H groups in total. The smallest absolute Gasteiger partial charge is 0.457 e. The Hall–Kier alpha value is -1.65. The van der Waals surface area contributed by atoms with Crippen molar-refractivity contribution < 1.29 is 42.7 Å². The number of rotatable bonds is 5. The van der Waals surface area contributed by atoms with Gasteiger partial charge in [0.1, 0.15) is 22.8 Å². The summed E-state index contributed by atoms with van der Waals surface area (Å²) in [5.41, 5.74) is 1.65. The molecule has 21 heavy (non-hydrogen) atoms. The van der Waals surface area contributed by atoms with Crippen molar-refractivity contribution in [2.45, 2.75) is 34.1 Å². The van der Waals surface area contributed by atoms with Gasteiger partial charge in [-0.05, 0) is 27.7 Å². The first-order valence-electron chi connectivity index (χ1n) is 5.47. The van der Waals surface area contributed by atoms with Gasteiger partial charge in [0.15, 0.2) is 0 Å². The van der Waals surface area contributed by atoms with Gasteiger partial charge in [0.05, 0.1) is 6.61 Å². The third-order valence-corrected chi connectivity index (χ3v) is 1.93. The normalized spacial score (nSPS) is 12.4. The number of hydrogen-bond donors (Lipinski definition) is 3. The van der Waals surface area contributed by atoms with Crippen LogP contribution in [0.1, 0.15) is 34.1 Å². The average Bonchev–Trinajstić information content (AvgIpc) is 2.45. The Balaban J connectivity index is -0.000000131. The van der Waals surface area contributed by atoms with Gasteiger partial charge in [-0.3, -0.25) is 0 Å². The van der Waals surface area contributed by atoms with Crippen molar-refractivity contribution >= 4 is 22.8 Å². The van der Waals surface area contributed by atoms with Crippen LogP contribution in [0.2, 0.25) is 0 Å². The zero-order chi connectivity index (χ0) is 15.3. The first-order chi connectivity index (χ1) is 8.94. The van der Waals surface area contributed by atoms with E-state index in [1.54, 1.807) is 13.8 Å². The Kier molecular flexibility index (Phi) is 24.2. The second kappa shape index (κ2) is 18.3. The van der Waals surface area contributed by atoms with Crippen molar-refractivity contribution in [1.29, 1.82) is 0 Å². The minimum Gasteiger partial charge on any atom is -0.457 e. The number of nitrogens with zero attached hydrogens (tertiary/aromatic N) is 4. The van der Waals surface area contributed by atoms with Gasteiger partial charge < -0.3 is 32.9 Å². The van der Waals surface area contributed by atoms with Crippen molar-refractivity contribution in [3.8, 4) is 0 Å². The van der Waals surface area contributed by atoms with E-state index in [4.69, 9.17) is 20.5 Å². The molecule has 0 heterocycles. The van der Waals surface area contributed by atoms with Crippen LogP contribution in [0.3, 0.4) is 0 Å². The van der Waals surface area contributed by atoms with Gasteiger partial charge in [-0.2, -0.15) is 0 Å². The van der Waals surface area contributed by atoms with Crippen LogP contribution < -0.4 is 0 Å². The van der Waals surface area contributed by atoms with Crippen LogP contribution in [0.15, 0.2) is 20.6 Å². The van der Waals surface area contributed by atoms with Crippen molar-refractivity contribution in [3.05, 3.63) is 6.92 Å². The molecule has 0 amide bonds. The Morgan fingerprint density at radius 1 is 0.857 bits per heavy atom. The molecule has 0 aromatic heterocycles. The molecule has 0 unspecified atom stereocenters. The summed E-state index contributed by atoms with van der Waals surface area (Å²) in [6.07, 6.45) is 0.673. The van der Waals surface area contributed by atoms with Crippen LogP contribution in [-0.2, 0) is 27.1 Å². The first-order valence-corrected chi connectivity index (χ1v) is 5.47. The summed E-state index contributed by atoms with van der Waals surface area (Å²) in [5.74, 6) is 0. The summed E-state index contributed by atoms with van der Waals surface area (Å²) < 4.78 is 0. The summed E-state index contributed by atoms with van der Waals surface area (Å²) >= 11 is 0. The molecule has 0 saturated carbocycles. The maximum atomic E-state index is 8.30. The van der Waals surface area contributed by atoms with Crippen LogP contribution in [-0.4, -0.2) is 45.1 Å². The van der Waals surface area contributed by atoms with Crippen molar-refractivity contribution in [2.24, 2.45) is 20.6 Å². The predicted octanol–water partition coefficient (Wildman–Crippen LogP) is 1.22. The molecule has 0 rings (SSSR count). The number of hydrogen-bond acceptors (Lipinski definition) is 8. The van der Waals surface area contributed by atoms with E-state index in [-0.39, 0.29) is 22.3 Å². The van der Waals surface area contributed by atoms with Gasteiger partial charge in [-0.25, -0.2) is 0 Å². The van der Waals surface area contributed by atoms with E-state index < -0.39 is 0 Å². The van der Waals surface area contributed by atoms with Gasteiger partial charge in [-0.1, -0.05) is 20.6 Å². The molecule has 0 aromatic carbocycles. The first kappa shape index (κ1) is 27.6. The second-order valence-corrected chi connectivity index (χ2v) is 3.42. The van der Waals surface area contributed by atoms with Gasteiger partial charge in [0.25, 0.3) is 0 Å². The van der Waals surface area contributed by atoms with Gasteiger partial charge in [-0.15, -0.1) is 6.42 Å². The molecule has 0 saturated heterocycles. The Bertz CT molecular complexity index is 354. The molecular weight excluding hydrogens is 327 g/mol. The third-order valence-electron chi connectivity index (χ3n) is 1.93. The topological polar surface area (TPSA) is 152 Å². The van der Waals surface area contributed by atoms with Crippen LogP contribution in [0.4, 0.5) is 0 Å². The minimum absolute atomic E-state index is 0. The average molecular weight is 351 g/mol. The summed E-state index contributed by atoms with van der Waals surface area (Å²) in [6.45, 7) is 10.5. The zero-order valence-electron chi connectivity index (χ0n) is 12.6. The van der Waals surface area contributed by atoms with E-state index >= 15 is 0 Å². The molecule has 0 fully saturated rings. The standard InChI is InChI=1S/C7H13N2O2.C4H8N2O2.Co.H2O/c1-4-5-11-9-7(3)6(2)8-10;1-3(5-7)4(2)6-8;;/h10H,1,4-5H2,2-3H3;7-8H,1-2H3;;1H2/q-1;;+2;/p+1. The molecule has 1 radical (unpaired) electrons. The van der Waals surface area contributed by atoms with E-state index in [1.807, 2.05) is 0 Å². The largest absolute Gasteiger partial charge is 2.00 e. The third kappa shape index (κ3) is 16.3. The van der Waals surface area contributed by atoms with Crippen molar-refractivity contribution in [2.75, 3.05) is 6.61 Å².